The highest BCUT2D eigenvalue weighted by atomic mass is 32.2. The van der Waals surface area contributed by atoms with E-state index < -0.39 is 0 Å². The summed E-state index contributed by atoms with van der Waals surface area (Å²) in [5.41, 5.74) is 1.48. The van der Waals surface area contributed by atoms with Crippen molar-refractivity contribution in [1.82, 2.24) is 0 Å². The lowest BCUT2D eigenvalue weighted by Crippen LogP contribution is -2.27. The highest BCUT2D eigenvalue weighted by Crippen LogP contribution is 2.40. The molecule has 0 aliphatic carbocycles. The van der Waals surface area contributed by atoms with E-state index in [-0.39, 0.29) is 5.91 Å². The third-order valence-corrected chi connectivity index (χ3v) is 4.85. The molecule has 0 N–H and O–H groups in total. The Morgan fingerprint density at radius 1 is 1.00 bits per heavy atom. The Balaban J connectivity index is 1.99. The molecule has 2 aromatic carbocycles. The zero-order valence-corrected chi connectivity index (χ0v) is 14.8. The number of thiocarbonyl (C=S) groups is 1. The van der Waals surface area contributed by atoms with Gasteiger partial charge in [0.25, 0.3) is 5.91 Å². The maximum absolute atomic E-state index is 12.8. The molecule has 0 spiro atoms. The van der Waals surface area contributed by atoms with Crippen molar-refractivity contribution in [3.05, 3.63) is 59.0 Å². The average molecular weight is 357 g/mol. The highest BCUT2D eigenvalue weighted by molar-refractivity contribution is 8.27. The van der Waals surface area contributed by atoms with Crippen LogP contribution in [0, 0.1) is 0 Å². The summed E-state index contributed by atoms with van der Waals surface area (Å²) >= 11 is 6.67. The van der Waals surface area contributed by atoms with E-state index in [2.05, 4.69) is 0 Å². The zero-order chi connectivity index (χ0) is 17.1. The number of hydrogen-bond donors (Lipinski definition) is 0. The van der Waals surface area contributed by atoms with Crippen LogP contribution in [0.5, 0.6) is 11.5 Å². The lowest BCUT2D eigenvalue weighted by molar-refractivity contribution is -0.113. The average Bonchev–Trinajstić information content (AvgIpc) is 2.89. The number of para-hydroxylation sites is 3. The Kier molecular flexibility index (Phi) is 4.87. The molecule has 24 heavy (non-hydrogen) atoms. The van der Waals surface area contributed by atoms with Crippen LogP contribution in [0.1, 0.15) is 5.56 Å². The molecule has 122 valence electrons. The van der Waals surface area contributed by atoms with Gasteiger partial charge in [0.2, 0.25) is 0 Å². The Bertz CT molecular complexity index is 833. The van der Waals surface area contributed by atoms with Crippen molar-refractivity contribution in [2.45, 2.75) is 0 Å². The number of anilines is 1. The van der Waals surface area contributed by atoms with Crippen LogP contribution in [0.15, 0.2) is 53.4 Å². The van der Waals surface area contributed by atoms with Crippen molar-refractivity contribution in [1.29, 1.82) is 0 Å². The summed E-state index contributed by atoms with van der Waals surface area (Å²) in [6.45, 7) is 0. The number of thioether (sulfide) groups is 1. The van der Waals surface area contributed by atoms with Gasteiger partial charge in [0.1, 0.15) is 11.5 Å². The molecule has 2 aromatic rings. The van der Waals surface area contributed by atoms with E-state index in [4.69, 9.17) is 21.7 Å². The Morgan fingerprint density at radius 3 is 2.33 bits per heavy atom. The summed E-state index contributed by atoms with van der Waals surface area (Å²) in [5, 5.41) is 0. The van der Waals surface area contributed by atoms with E-state index in [0.717, 1.165) is 5.56 Å². The Morgan fingerprint density at radius 2 is 1.62 bits per heavy atom. The number of benzene rings is 2. The second kappa shape index (κ2) is 7.07. The predicted octanol–water partition coefficient (Wildman–Crippen LogP) is 4.11. The molecule has 1 aliphatic heterocycles. The summed E-state index contributed by atoms with van der Waals surface area (Å²) < 4.78 is 11.2. The number of nitrogens with zero attached hydrogens (tertiary/aromatic N) is 1. The van der Waals surface area contributed by atoms with Gasteiger partial charge in [-0.3, -0.25) is 9.69 Å². The molecular formula is C18H15NO3S2. The van der Waals surface area contributed by atoms with E-state index >= 15 is 0 Å². The normalized spacial score (nSPS) is 15.9. The molecule has 1 saturated heterocycles. The molecular weight excluding hydrogens is 342 g/mol. The fourth-order valence-corrected chi connectivity index (χ4v) is 3.69. The maximum atomic E-state index is 12.8. The van der Waals surface area contributed by atoms with Gasteiger partial charge in [0.05, 0.1) is 24.8 Å². The second-order valence-electron chi connectivity index (χ2n) is 4.93. The number of methoxy groups -OCH3 is 2. The molecule has 0 aromatic heterocycles. The first-order valence-electron chi connectivity index (χ1n) is 7.19. The first-order valence-corrected chi connectivity index (χ1v) is 8.42. The number of hydrogen-bond acceptors (Lipinski definition) is 5. The van der Waals surface area contributed by atoms with Crippen LogP contribution >= 0.6 is 24.0 Å². The van der Waals surface area contributed by atoms with Crippen LogP contribution in [0.4, 0.5) is 5.69 Å². The van der Waals surface area contributed by atoms with Crippen LogP contribution < -0.4 is 14.4 Å². The largest absolute Gasteiger partial charge is 0.496 e. The van der Waals surface area contributed by atoms with Crippen LogP contribution in [0.3, 0.4) is 0 Å². The van der Waals surface area contributed by atoms with Crippen molar-refractivity contribution in [3.8, 4) is 11.5 Å². The minimum Gasteiger partial charge on any atom is -0.496 e. The first-order chi connectivity index (χ1) is 11.7. The summed E-state index contributed by atoms with van der Waals surface area (Å²) in [6.07, 6.45) is 1.80. The van der Waals surface area contributed by atoms with E-state index in [9.17, 15) is 4.79 Å². The van der Waals surface area contributed by atoms with E-state index in [1.807, 2.05) is 42.5 Å². The monoisotopic (exact) mass is 357 g/mol. The SMILES string of the molecule is COc1ccccc1/C=C1\SC(=S)N(c2ccccc2OC)C1=O. The van der Waals surface area contributed by atoms with Crippen LogP contribution in [0.2, 0.25) is 0 Å². The molecule has 1 aliphatic rings. The van der Waals surface area contributed by atoms with Crippen molar-refractivity contribution in [2.24, 2.45) is 0 Å². The highest BCUT2D eigenvalue weighted by Gasteiger charge is 2.34. The van der Waals surface area contributed by atoms with Crippen molar-refractivity contribution >= 4 is 46.0 Å². The van der Waals surface area contributed by atoms with Crippen molar-refractivity contribution in [3.63, 3.8) is 0 Å². The lowest BCUT2D eigenvalue weighted by atomic mass is 10.2. The smallest absolute Gasteiger partial charge is 0.270 e. The van der Waals surface area contributed by atoms with E-state index in [1.165, 1.54) is 16.7 Å². The van der Waals surface area contributed by atoms with Crippen LogP contribution in [0.25, 0.3) is 6.08 Å². The molecule has 0 unspecified atom stereocenters. The van der Waals surface area contributed by atoms with Gasteiger partial charge in [0, 0.05) is 5.56 Å². The van der Waals surface area contributed by atoms with Crippen LogP contribution in [-0.4, -0.2) is 24.4 Å². The van der Waals surface area contributed by atoms with Gasteiger partial charge in [-0.2, -0.15) is 0 Å². The second-order valence-corrected chi connectivity index (χ2v) is 6.61. The van der Waals surface area contributed by atoms with Gasteiger partial charge >= 0.3 is 0 Å². The number of amides is 1. The van der Waals surface area contributed by atoms with Gasteiger partial charge in [-0.15, -0.1) is 0 Å². The minimum atomic E-state index is -0.166. The standard InChI is InChI=1S/C18H15NO3S2/c1-21-14-9-5-3-7-12(14)11-16-17(20)19(18(23)24-16)13-8-4-6-10-15(13)22-2/h3-11H,1-2H3/b16-11-. The number of rotatable bonds is 4. The quantitative estimate of drug-likeness (QED) is 0.608. The molecule has 4 nitrogen and oxygen atoms in total. The van der Waals surface area contributed by atoms with Gasteiger partial charge in [-0.1, -0.05) is 54.3 Å². The van der Waals surface area contributed by atoms with Crippen LogP contribution in [-0.2, 0) is 4.79 Å². The summed E-state index contributed by atoms with van der Waals surface area (Å²) in [4.78, 5) is 14.9. The van der Waals surface area contributed by atoms with Gasteiger partial charge in [-0.25, -0.2) is 0 Å². The van der Waals surface area contributed by atoms with E-state index in [1.54, 1.807) is 26.4 Å². The number of carbonyl (C=O) groups is 1. The summed E-state index contributed by atoms with van der Waals surface area (Å²) in [6, 6.07) is 14.9. The van der Waals surface area contributed by atoms with E-state index in [0.29, 0.717) is 26.4 Å². The molecule has 1 amide bonds. The zero-order valence-electron chi connectivity index (χ0n) is 13.2. The molecule has 6 heteroatoms. The number of carbonyl (C=O) groups excluding carboxylic acids is 1. The number of ether oxygens (including phenoxy) is 2. The predicted molar refractivity (Wildman–Crippen MR) is 102 cm³/mol. The van der Waals surface area contributed by atoms with Gasteiger partial charge in [-0.05, 0) is 24.3 Å². The van der Waals surface area contributed by atoms with Gasteiger partial charge in [0.15, 0.2) is 4.32 Å². The molecule has 0 radical (unpaired) electrons. The molecule has 3 rings (SSSR count). The summed E-state index contributed by atoms with van der Waals surface area (Å²) in [7, 11) is 3.17. The topological polar surface area (TPSA) is 38.8 Å². The Labute approximate surface area is 150 Å². The third-order valence-electron chi connectivity index (χ3n) is 3.55. The molecule has 0 atom stereocenters. The maximum Gasteiger partial charge on any atom is 0.270 e. The fraction of sp³-hybridized carbons (Fsp3) is 0.111. The molecule has 1 heterocycles. The molecule has 0 saturated carbocycles. The molecule has 1 fully saturated rings. The minimum absolute atomic E-state index is 0.166. The third kappa shape index (κ3) is 3.02. The molecule has 0 bridgehead atoms. The first kappa shape index (κ1) is 16.5. The van der Waals surface area contributed by atoms with Crippen molar-refractivity contribution < 1.29 is 14.3 Å². The van der Waals surface area contributed by atoms with Crippen molar-refractivity contribution in [2.75, 3.05) is 19.1 Å². The fourth-order valence-electron chi connectivity index (χ4n) is 2.42. The summed E-state index contributed by atoms with van der Waals surface area (Å²) in [5.74, 6) is 1.15. The Hall–Kier alpha value is -2.31. The lowest BCUT2D eigenvalue weighted by Gasteiger charge is -2.17. The van der Waals surface area contributed by atoms with Gasteiger partial charge < -0.3 is 9.47 Å².